The Morgan fingerprint density at radius 3 is 2.26 bits per heavy atom. The molecule has 2 aliphatic rings. The van der Waals surface area contributed by atoms with Crippen LogP contribution >= 0.6 is 0 Å². The number of hydrogen-bond acceptors (Lipinski definition) is 6. The third-order valence-corrected chi connectivity index (χ3v) is 5.02. The molecule has 2 aliphatic heterocycles. The number of benzene rings is 1. The van der Waals surface area contributed by atoms with Gasteiger partial charge in [-0.05, 0) is 24.3 Å². The van der Waals surface area contributed by atoms with Crippen LogP contribution in [0.25, 0.3) is 0 Å². The number of hydrogen-bond donors (Lipinski definition) is 1. The fourth-order valence-corrected chi connectivity index (χ4v) is 3.37. The first-order valence-electron chi connectivity index (χ1n) is 9.28. The van der Waals surface area contributed by atoms with Crippen molar-refractivity contribution in [2.45, 2.75) is 12.8 Å². The number of rotatable bonds is 7. The van der Waals surface area contributed by atoms with E-state index in [1.165, 1.54) is 5.69 Å². The van der Waals surface area contributed by atoms with Crippen molar-refractivity contribution in [3.63, 3.8) is 0 Å². The van der Waals surface area contributed by atoms with E-state index in [1.807, 2.05) is 12.1 Å². The van der Waals surface area contributed by atoms with Crippen molar-refractivity contribution in [2.24, 2.45) is 0 Å². The fraction of sp³-hybridized carbons (Fsp3) is 0.526. The molecule has 0 atom stereocenters. The van der Waals surface area contributed by atoms with E-state index in [2.05, 4.69) is 27.2 Å². The molecule has 0 aliphatic carbocycles. The molecular weight excluding hydrogens is 348 g/mol. The van der Waals surface area contributed by atoms with Gasteiger partial charge in [0, 0.05) is 57.8 Å². The highest BCUT2D eigenvalue weighted by Gasteiger charge is 2.30. The summed E-state index contributed by atoms with van der Waals surface area (Å²) < 4.78 is 5.19. The minimum absolute atomic E-state index is 0.164. The first-order valence-corrected chi connectivity index (χ1v) is 9.28. The lowest BCUT2D eigenvalue weighted by Crippen LogP contribution is -2.49. The highest BCUT2D eigenvalue weighted by Crippen LogP contribution is 2.20. The van der Waals surface area contributed by atoms with Gasteiger partial charge in [0.15, 0.2) is 0 Å². The van der Waals surface area contributed by atoms with Gasteiger partial charge >= 0.3 is 0 Å². The van der Waals surface area contributed by atoms with E-state index < -0.39 is 0 Å². The number of anilines is 1. The number of ether oxygens (including phenoxy) is 1. The summed E-state index contributed by atoms with van der Waals surface area (Å²) in [6.45, 7) is 4.80. The second-order valence-electron chi connectivity index (χ2n) is 6.75. The molecule has 3 rings (SSSR count). The number of methoxy groups -OCH3 is 1. The molecule has 0 unspecified atom stereocenters. The Balaban J connectivity index is 1.35. The second kappa shape index (κ2) is 8.85. The van der Waals surface area contributed by atoms with E-state index >= 15 is 0 Å². The topological polar surface area (TPSA) is 82.2 Å². The first kappa shape index (κ1) is 19.2. The van der Waals surface area contributed by atoms with Crippen molar-refractivity contribution in [2.75, 3.05) is 57.8 Å². The Morgan fingerprint density at radius 1 is 1.04 bits per heavy atom. The van der Waals surface area contributed by atoms with Crippen LogP contribution in [-0.4, -0.2) is 80.4 Å². The smallest absolute Gasteiger partial charge is 0.240 e. The molecule has 3 amide bonds. The molecule has 8 nitrogen and oxygen atoms in total. The molecule has 2 heterocycles. The Labute approximate surface area is 159 Å². The molecular formula is C19H26N4O4. The van der Waals surface area contributed by atoms with Gasteiger partial charge < -0.3 is 15.0 Å². The highest BCUT2D eigenvalue weighted by molar-refractivity contribution is 6.04. The number of carbonyl (C=O) groups excluding carboxylic acids is 3. The van der Waals surface area contributed by atoms with Crippen LogP contribution in [0.5, 0.6) is 5.75 Å². The lowest BCUT2D eigenvalue weighted by atomic mass is 10.2. The lowest BCUT2D eigenvalue weighted by molar-refractivity contribution is -0.142. The number of carbonyl (C=O) groups is 3. The molecule has 1 aromatic rings. The van der Waals surface area contributed by atoms with Crippen molar-refractivity contribution in [1.29, 1.82) is 0 Å². The van der Waals surface area contributed by atoms with Gasteiger partial charge in [-0.3, -0.25) is 24.2 Å². The standard InChI is InChI=1S/C19H26N4O4/c1-27-16-4-2-15(3-5-16)22-12-10-21(11-13-22)9-8-20-17(24)14-23-18(25)6-7-19(23)26/h2-5H,6-14H2,1H3,(H,20,24). The number of likely N-dealkylation sites (tertiary alicyclic amines) is 1. The quantitative estimate of drug-likeness (QED) is 0.681. The molecule has 0 radical (unpaired) electrons. The Bertz CT molecular complexity index is 667. The molecule has 1 aromatic carbocycles. The maximum absolute atomic E-state index is 11.9. The molecule has 2 fully saturated rings. The predicted octanol–water partition coefficient (Wildman–Crippen LogP) is 0.0824. The zero-order valence-electron chi connectivity index (χ0n) is 15.6. The Hall–Kier alpha value is -2.61. The van der Waals surface area contributed by atoms with Gasteiger partial charge in [0.05, 0.1) is 7.11 Å². The van der Waals surface area contributed by atoms with E-state index in [4.69, 9.17) is 4.74 Å². The molecule has 2 saturated heterocycles. The molecule has 8 heteroatoms. The van der Waals surface area contributed by atoms with Gasteiger partial charge in [-0.25, -0.2) is 0 Å². The average molecular weight is 374 g/mol. The van der Waals surface area contributed by atoms with Crippen LogP contribution in [0, 0.1) is 0 Å². The van der Waals surface area contributed by atoms with Crippen LogP contribution in [0.15, 0.2) is 24.3 Å². The van der Waals surface area contributed by atoms with Crippen LogP contribution < -0.4 is 15.0 Å². The van der Waals surface area contributed by atoms with Gasteiger partial charge in [0.2, 0.25) is 17.7 Å². The van der Waals surface area contributed by atoms with Gasteiger partial charge in [0.25, 0.3) is 0 Å². The van der Waals surface area contributed by atoms with Crippen LogP contribution in [0.4, 0.5) is 5.69 Å². The summed E-state index contributed by atoms with van der Waals surface area (Å²) in [6, 6.07) is 8.06. The highest BCUT2D eigenvalue weighted by atomic mass is 16.5. The van der Waals surface area contributed by atoms with Crippen LogP contribution in [0.2, 0.25) is 0 Å². The zero-order valence-corrected chi connectivity index (χ0v) is 15.6. The number of nitrogens with zero attached hydrogens (tertiary/aromatic N) is 3. The third-order valence-electron chi connectivity index (χ3n) is 5.02. The maximum atomic E-state index is 11.9. The Kier molecular flexibility index (Phi) is 6.28. The summed E-state index contributed by atoms with van der Waals surface area (Å²) >= 11 is 0. The van der Waals surface area contributed by atoms with E-state index in [9.17, 15) is 14.4 Å². The van der Waals surface area contributed by atoms with E-state index in [1.54, 1.807) is 7.11 Å². The monoisotopic (exact) mass is 374 g/mol. The van der Waals surface area contributed by atoms with Crippen LogP contribution in [0.1, 0.15) is 12.8 Å². The van der Waals surface area contributed by atoms with Crippen LogP contribution in [0.3, 0.4) is 0 Å². The SMILES string of the molecule is COc1ccc(N2CCN(CCNC(=O)CN3C(=O)CCC3=O)CC2)cc1. The average Bonchev–Trinajstić information content (AvgIpc) is 3.00. The predicted molar refractivity (Wildman–Crippen MR) is 101 cm³/mol. The van der Waals surface area contributed by atoms with Crippen LogP contribution in [-0.2, 0) is 14.4 Å². The number of imide groups is 1. The van der Waals surface area contributed by atoms with Gasteiger partial charge in [-0.2, -0.15) is 0 Å². The summed E-state index contributed by atoms with van der Waals surface area (Å²) in [5, 5.41) is 2.80. The third kappa shape index (κ3) is 4.97. The fourth-order valence-electron chi connectivity index (χ4n) is 3.37. The Morgan fingerprint density at radius 2 is 1.67 bits per heavy atom. The van der Waals surface area contributed by atoms with E-state index in [-0.39, 0.29) is 37.1 Å². The zero-order chi connectivity index (χ0) is 19.2. The molecule has 0 saturated carbocycles. The number of nitrogens with one attached hydrogen (secondary N) is 1. The molecule has 27 heavy (non-hydrogen) atoms. The van der Waals surface area contributed by atoms with Crippen molar-refractivity contribution in [1.82, 2.24) is 15.1 Å². The summed E-state index contributed by atoms with van der Waals surface area (Å²) in [5.41, 5.74) is 1.18. The normalized spacial score (nSPS) is 18.1. The minimum atomic E-state index is -0.282. The van der Waals surface area contributed by atoms with Gasteiger partial charge in [-0.15, -0.1) is 0 Å². The summed E-state index contributed by atoms with van der Waals surface area (Å²) in [7, 11) is 1.66. The van der Waals surface area contributed by atoms with E-state index in [0.29, 0.717) is 6.54 Å². The van der Waals surface area contributed by atoms with Gasteiger partial charge in [0.1, 0.15) is 12.3 Å². The minimum Gasteiger partial charge on any atom is -0.497 e. The summed E-state index contributed by atoms with van der Waals surface area (Å²) in [4.78, 5) is 40.7. The maximum Gasteiger partial charge on any atom is 0.240 e. The van der Waals surface area contributed by atoms with Crippen molar-refractivity contribution in [3.05, 3.63) is 24.3 Å². The second-order valence-corrected chi connectivity index (χ2v) is 6.75. The van der Waals surface area contributed by atoms with Crippen molar-refractivity contribution < 1.29 is 19.1 Å². The number of amides is 3. The molecule has 0 bridgehead atoms. The first-order chi connectivity index (χ1) is 13.1. The molecule has 0 aromatic heterocycles. The largest absolute Gasteiger partial charge is 0.497 e. The summed E-state index contributed by atoms with van der Waals surface area (Å²) in [5.74, 6) is 0.0514. The lowest BCUT2D eigenvalue weighted by Gasteiger charge is -2.36. The molecule has 146 valence electrons. The number of piperazine rings is 1. The molecule has 0 spiro atoms. The molecule has 1 N–H and O–H groups in total. The van der Waals surface area contributed by atoms with E-state index in [0.717, 1.165) is 43.4 Å². The van der Waals surface area contributed by atoms with Gasteiger partial charge in [-0.1, -0.05) is 0 Å². The van der Waals surface area contributed by atoms with Crippen molar-refractivity contribution in [3.8, 4) is 5.75 Å². The van der Waals surface area contributed by atoms with Crippen molar-refractivity contribution >= 4 is 23.4 Å². The summed E-state index contributed by atoms with van der Waals surface area (Å²) in [6.07, 6.45) is 0.426.